The SMILES string of the molecule is Cc1cc(O)c2c(c1O)SC(=C1C(=O)N(c3ccccc3)N(c3ccccc3)C1=O)S2. The number of phenolic OH excluding ortho intramolecular Hbond substituents is 2. The minimum atomic E-state index is -0.460. The van der Waals surface area contributed by atoms with Gasteiger partial charge in [0.15, 0.2) is 0 Å². The molecule has 2 N–H and O–H groups in total. The van der Waals surface area contributed by atoms with Crippen molar-refractivity contribution >= 4 is 46.7 Å². The summed E-state index contributed by atoms with van der Waals surface area (Å²) in [6.45, 7) is 1.69. The van der Waals surface area contributed by atoms with E-state index < -0.39 is 11.8 Å². The number of fused-ring (bicyclic) bond motifs is 1. The molecule has 2 aliphatic heterocycles. The van der Waals surface area contributed by atoms with Crippen molar-refractivity contribution in [2.75, 3.05) is 10.0 Å². The molecule has 2 heterocycles. The van der Waals surface area contributed by atoms with Crippen molar-refractivity contribution in [3.63, 3.8) is 0 Å². The molecule has 0 atom stereocenters. The van der Waals surface area contributed by atoms with Gasteiger partial charge in [-0.05, 0) is 42.8 Å². The van der Waals surface area contributed by atoms with Gasteiger partial charge in [-0.3, -0.25) is 9.59 Å². The van der Waals surface area contributed by atoms with Crippen LogP contribution in [0.2, 0.25) is 0 Å². The van der Waals surface area contributed by atoms with Crippen molar-refractivity contribution in [2.24, 2.45) is 0 Å². The number of aryl methyl sites for hydroxylation is 1. The first kappa shape index (κ1) is 19.6. The van der Waals surface area contributed by atoms with Gasteiger partial charge in [-0.2, -0.15) is 0 Å². The highest BCUT2D eigenvalue weighted by molar-refractivity contribution is 8.25. The van der Waals surface area contributed by atoms with Crippen LogP contribution in [0.4, 0.5) is 11.4 Å². The molecule has 0 spiro atoms. The Bertz CT molecular complexity index is 1200. The van der Waals surface area contributed by atoms with Crippen molar-refractivity contribution in [2.45, 2.75) is 16.7 Å². The number of carbonyl (C=O) groups is 2. The van der Waals surface area contributed by atoms with E-state index in [1.54, 1.807) is 55.5 Å². The lowest BCUT2D eigenvalue weighted by Crippen LogP contribution is -2.41. The van der Waals surface area contributed by atoms with Crippen LogP contribution < -0.4 is 10.0 Å². The Kier molecular flexibility index (Phi) is 4.68. The van der Waals surface area contributed by atoms with Crippen LogP contribution in [0.5, 0.6) is 11.5 Å². The van der Waals surface area contributed by atoms with E-state index in [0.29, 0.717) is 31.0 Å². The largest absolute Gasteiger partial charge is 0.507 e. The van der Waals surface area contributed by atoms with Crippen LogP contribution in [-0.4, -0.2) is 22.0 Å². The number of benzene rings is 3. The van der Waals surface area contributed by atoms with Crippen molar-refractivity contribution in [3.8, 4) is 11.5 Å². The van der Waals surface area contributed by atoms with E-state index in [0.717, 1.165) is 23.5 Å². The lowest BCUT2D eigenvalue weighted by molar-refractivity contribution is -0.116. The third kappa shape index (κ3) is 3.07. The zero-order chi connectivity index (χ0) is 21.7. The number of phenols is 2. The van der Waals surface area contributed by atoms with E-state index in [2.05, 4.69) is 0 Å². The molecule has 1 saturated heterocycles. The summed E-state index contributed by atoms with van der Waals surface area (Å²) in [5, 5.41) is 23.5. The van der Waals surface area contributed by atoms with Crippen LogP contribution in [0, 0.1) is 6.92 Å². The fraction of sp³-hybridized carbons (Fsp3) is 0.0435. The summed E-state index contributed by atoms with van der Waals surface area (Å²) in [5.74, 6) is -0.869. The predicted octanol–water partition coefficient (Wildman–Crippen LogP) is 4.81. The van der Waals surface area contributed by atoms with E-state index in [4.69, 9.17) is 0 Å². The first-order valence-corrected chi connectivity index (χ1v) is 11.0. The number of thioether (sulfide) groups is 2. The van der Waals surface area contributed by atoms with E-state index in [-0.39, 0.29) is 17.1 Å². The molecule has 3 aromatic carbocycles. The van der Waals surface area contributed by atoms with Crippen molar-refractivity contribution < 1.29 is 19.8 Å². The molecule has 154 valence electrons. The molecule has 0 bridgehead atoms. The number of hydrazine groups is 1. The Morgan fingerprint density at radius 3 is 1.74 bits per heavy atom. The fourth-order valence-electron chi connectivity index (χ4n) is 3.51. The number of aromatic hydroxyl groups is 2. The molecule has 31 heavy (non-hydrogen) atoms. The van der Waals surface area contributed by atoms with Gasteiger partial charge >= 0.3 is 0 Å². The van der Waals surface area contributed by atoms with E-state index in [1.165, 1.54) is 16.1 Å². The summed E-state index contributed by atoms with van der Waals surface area (Å²) < 4.78 is 0.431. The number of carbonyl (C=O) groups excluding carboxylic acids is 2. The number of amides is 2. The molecule has 1 fully saturated rings. The van der Waals surface area contributed by atoms with Crippen molar-refractivity contribution in [1.29, 1.82) is 0 Å². The van der Waals surface area contributed by atoms with Crippen LogP contribution in [-0.2, 0) is 9.59 Å². The molecule has 2 aliphatic rings. The molecule has 6 nitrogen and oxygen atoms in total. The van der Waals surface area contributed by atoms with Crippen LogP contribution in [0.25, 0.3) is 0 Å². The van der Waals surface area contributed by atoms with E-state index in [1.807, 2.05) is 12.1 Å². The zero-order valence-corrected chi connectivity index (χ0v) is 17.9. The molecule has 0 saturated carbocycles. The standard InChI is InChI=1S/C23H16N2O4S2/c1-13-12-16(26)19-20(18(13)27)31-23(30-19)17-21(28)24(14-8-4-2-5-9-14)25(22(17)29)15-10-6-3-7-11-15/h2-12,26-27H,1H3. The maximum absolute atomic E-state index is 13.5. The summed E-state index contributed by atoms with van der Waals surface area (Å²) in [5.41, 5.74) is 1.66. The van der Waals surface area contributed by atoms with Gasteiger partial charge in [0.1, 0.15) is 17.1 Å². The first-order valence-electron chi connectivity index (χ1n) is 9.42. The lowest BCUT2D eigenvalue weighted by Gasteiger charge is -2.27. The van der Waals surface area contributed by atoms with Gasteiger partial charge in [-0.25, -0.2) is 10.0 Å². The smallest absolute Gasteiger partial charge is 0.284 e. The van der Waals surface area contributed by atoms with Crippen LogP contribution >= 0.6 is 23.5 Å². The second kappa shape index (κ2) is 7.40. The number of anilines is 2. The predicted molar refractivity (Wildman–Crippen MR) is 121 cm³/mol. The van der Waals surface area contributed by atoms with Crippen LogP contribution in [0.1, 0.15) is 5.56 Å². The topological polar surface area (TPSA) is 81.1 Å². The highest BCUT2D eigenvalue weighted by Crippen LogP contribution is 2.60. The number of para-hydroxylation sites is 2. The molecule has 0 aliphatic carbocycles. The van der Waals surface area contributed by atoms with Gasteiger partial charge in [-0.15, -0.1) is 0 Å². The summed E-state index contributed by atoms with van der Waals surface area (Å²) in [6.07, 6.45) is 0. The molecule has 0 aromatic heterocycles. The minimum absolute atomic E-state index is 0.00959. The summed E-state index contributed by atoms with van der Waals surface area (Å²) in [6, 6.07) is 19.4. The second-order valence-electron chi connectivity index (χ2n) is 6.99. The highest BCUT2D eigenvalue weighted by atomic mass is 32.2. The van der Waals surface area contributed by atoms with Crippen molar-refractivity contribution in [1.82, 2.24) is 0 Å². The third-order valence-electron chi connectivity index (χ3n) is 4.99. The molecule has 5 rings (SSSR count). The van der Waals surface area contributed by atoms with Gasteiger partial charge in [0.2, 0.25) is 0 Å². The number of hydrogen-bond acceptors (Lipinski definition) is 6. The first-order chi connectivity index (χ1) is 15.0. The summed E-state index contributed by atoms with van der Waals surface area (Å²) >= 11 is 2.25. The Hall–Kier alpha value is -3.36. The van der Waals surface area contributed by atoms with Gasteiger partial charge in [0.25, 0.3) is 11.8 Å². The number of rotatable bonds is 2. The van der Waals surface area contributed by atoms with Crippen LogP contribution in [0.3, 0.4) is 0 Å². The third-order valence-corrected chi connectivity index (χ3v) is 7.62. The number of hydrogen-bond donors (Lipinski definition) is 2. The molecular weight excluding hydrogens is 432 g/mol. The van der Waals surface area contributed by atoms with Gasteiger partial charge in [-0.1, -0.05) is 59.9 Å². The van der Waals surface area contributed by atoms with E-state index in [9.17, 15) is 19.8 Å². The Morgan fingerprint density at radius 1 is 0.742 bits per heavy atom. The Balaban J connectivity index is 1.66. The van der Waals surface area contributed by atoms with Crippen LogP contribution in [0.15, 0.2) is 86.3 Å². The average Bonchev–Trinajstić information content (AvgIpc) is 3.32. The lowest BCUT2D eigenvalue weighted by atomic mass is 10.2. The molecule has 2 amide bonds. The summed E-state index contributed by atoms with van der Waals surface area (Å²) in [4.78, 5) is 28.0. The zero-order valence-electron chi connectivity index (χ0n) is 16.3. The van der Waals surface area contributed by atoms with Gasteiger partial charge in [0, 0.05) is 0 Å². The Labute approximate surface area is 186 Å². The maximum Gasteiger partial charge on any atom is 0.284 e. The number of nitrogens with zero attached hydrogens (tertiary/aromatic N) is 2. The average molecular weight is 449 g/mol. The molecule has 8 heteroatoms. The molecule has 3 aromatic rings. The quantitative estimate of drug-likeness (QED) is 0.333. The van der Waals surface area contributed by atoms with Crippen molar-refractivity contribution in [3.05, 3.63) is 82.1 Å². The molecular formula is C23H16N2O4S2. The fourth-order valence-corrected chi connectivity index (χ4v) is 6.16. The summed E-state index contributed by atoms with van der Waals surface area (Å²) in [7, 11) is 0. The normalized spacial score (nSPS) is 15.8. The minimum Gasteiger partial charge on any atom is -0.507 e. The monoisotopic (exact) mass is 448 g/mol. The molecule has 0 radical (unpaired) electrons. The molecule has 0 unspecified atom stereocenters. The second-order valence-corrected chi connectivity index (χ2v) is 9.29. The Morgan fingerprint density at radius 2 is 1.23 bits per heavy atom. The maximum atomic E-state index is 13.5. The highest BCUT2D eigenvalue weighted by Gasteiger charge is 2.46. The van der Waals surface area contributed by atoms with Gasteiger partial charge < -0.3 is 10.2 Å². The van der Waals surface area contributed by atoms with Gasteiger partial charge in [0.05, 0.1) is 25.4 Å². The van der Waals surface area contributed by atoms with E-state index >= 15 is 0 Å².